The SMILES string of the molecule is CO[C@H]1CCCC[C@@H](c2ccccc2)OC(=O)[C@@H](C)[C@]2(O)O[C@H]([C@@H](C)[C@H](O)[C@H]2OC)[C@@H](C)/C=C/[C@H]1OC. The highest BCUT2D eigenvalue weighted by molar-refractivity contribution is 5.73. The summed E-state index contributed by atoms with van der Waals surface area (Å²) in [6.07, 6.45) is 3.29. The number of benzene rings is 1. The van der Waals surface area contributed by atoms with Gasteiger partial charge in [-0.05, 0) is 31.7 Å². The lowest BCUT2D eigenvalue weighted by atomic mass is 9.78. The summed E-state index contributed by atoms with van der Waals surface area (Å²) in [5, 5.41) is 22.9. The molecule has 0 spiro atoms. The molecule has 0 amide bonds. The third kappa shape index (κ3) is 6.61. The number of rotatable bonds is 4. The van der Waals surface area contributed by atoms with Crippen LogP contribution >= 0.6 is 0 Å². The maximum absolute atomic E-state index is 13.5. The summed E-state index contributed by atoms with van der Waals surface area (Å²) in [5.74, 6) is -4.38. The zero-order valence-electron chi connectivity index (χ0n) is 22.9. The van der Waals surface area contributed by atoms with Gasteiger partial charge in [-0.25, -0.2) is 0 Å². The number of fused-ring (bicyclic) bond motifs is 2. The Morgan fingerprint density at radius 1 is 0.946 bits per heavy atom. The number of methoxy groups -OCH3 is 3. The molecule has 0 aliphatic carbocycles. The van der Waals surface area contributed by atoms with Crippen LogP contribution in [0.4, 0.5) is 0 Å². The second-order valence-electron chi connectivity index (χ2n) is 10.4. The van der Waals surface area contributed by atoms with E-state index in [4.69, 9.17) is 23.7 Å². The lowest BCUT2D eigenvalue weighted by Gasteiger charge is -2.51. The third-order valence-electron chi connectivity index (χ3n) is 8.03. The van der Waals surface area contributed by atoms with Crippen molar-refractivity contribution in [2.24, 2.45) is 17.8 Å². The van der Waals surface area contributed by atoms with E-state index >= 15 is 0 Å². The molecule has 2 aliphatic rings. The van der Waals surface area contributed by atoms with Gasteiger partial charge in [0.1, 0.15) is 24.2 Å². The van der Waals surface area contributed by atoms with Gasteiger partial charge in [0.25, 0.3) is 0 Å². The molecule has 0 radical (unpaired) electrons. The van der Waals surface area contributed by atoms with E-state index in [1.165, 1.54) is 7.11 Å². The summed E-state index contributed by atoms with van der Waals surface area (Å²) in [5.41, 5.74) is 0.880. The van der Waals surface area contributed by atoms with Gasteiger partial charge in [0.2, 0.25) is 5.79 Å². The first-order valence-corrected chi connectivity index (χ1v) is 13.3. The Hall–Kier alpha value is -1.81. The standard InChI is InChI=1S/C29H44O8/c1-18-16-17-24(34-5)23(33-4)15-11-10-14-22(21-12-8-7-9-13-21)36-28(31)20(3)29(32)27(35-6)25(30)19(2)26(18)37-29/h7-9,12-13,16-20,22-27,30,32H,10-11,14-15H2,1-6H3/b17-16+/t18-,19-,20+,22-,23-,24+,25-,26-,27+,29-/m0/s1. The van der Waals surface area contributed by atoms with E-state index in [0.717, 1.165) is 24.8 Å². The molecule has 8 nitrogen and oxygen atoms in total. The first kappa shape index (κ1) is 29.7. The average molecular weight is 521 g/mol. The fraction of sp³-hybridized carbons (Fsp3) is 0.690. The van der Waals surface area contributed by atoms with E-state index in [1.807, 2.05) is 56.3 Å². The molecule has 2 heterocycles. The Bertz CT molecular complexity index is 876. The third-order valence-corrected chi connectivity index (χ3v) is 8.03. The van der Waals surface area contributed by atoms with Crippen molar-refractivity contribution in [3.8, 4) is 0 Å². The average Bonchev–Trinajstić information content (AvgIpc) is 2.90. The molecule has 1 aromatic rings. The Morgan fingerprint density at radius 2 is 1.62 bits per heavy atom. The van der Waals surface area contributed by atoms with Crippen molar-refractivity contribution < 1.29 is 38.7 Å². The second-order valence-corrected chi connectivity index (χ2v) is 10.4. The van der Waals surface area contributed by atoms with Crippen molar-refractivity contribution in [2.45, 2.75) is 88.9 Å². The van der Waals surface area contributed by atoms with E-state index in [1.54, 1.807) is 21.1 Å². The smallest absolute Gasteiger partial charge is 0.314 e. The zero-order valence-corrected chi connectivity index (χ0v) is 22.9. The Kier molecular flexibility index (Phi) is 10.7. The molecule has 0 unspecified atom stereocenters. The zero-order chi connectivity index (χ0) is 27.2. The summed E-state index contributed by atoms with van der Waals surface area (Å²) < 4.78 is 29.3. The van der Waals surface area contributed by atoms with E-state index in [2.05, 4.69) is 0 Å². The van der Waals surface area contributed by atoms with Gasteiger partial charge in [-0.15, -0.1) is 0 Å². The van der Waals surface area contributed by atoms with Crippen LogP contribution in [0.15, 0.2) is 42.5 Å². The predicted octanol–water partition coefficient (Wildman–Crippen LogP) is 3.80. The van der Waals surface area contributed by atoms with E-state index in [9.17, 15) is 15.0 Å². The van der Waals surface area contributed by atoms with Crippen LogP contribution in [-0.2, 0) is 28.5 Å². The fourth-order valence-corrected chi connectivity index (χ4v) is 5.56. The van der Waals surface area contributed by atoms with Gasteiger partial charge in [0, 0.05) is 33.2 Å². The van der Waals surface area contributed by atoms with E-state index in [0.29, 0.717) is 6.42 Å². The molecule has 2 aliphatic heterocycles. The number of cyclic esters (lactones) is 1. The number of hydrogen-bond acceptors (Lipinski definition) is 8. The molecule has 1 aromatic carbocycles. The van der Waals surface area contributed by atoms with Gasteiger partial charge in [0.05, 0.1) is 18.3 Å². The Labute approximate surface area is 220 Å². The first-order valence-electron chi connectivity index (χ1n) is 13.3. The summed E-state index contributed by atoms with van der Waals surface area (Å²) >= 11 is 0. The van der Waals surface area contributed by atoms with Crippen molar-refractivity contribution in [3.05, 3.63) is 48.0 Å². The van der Waals surface area contributed by atoms with Crippen LogP contribution in [0.2, 0.25) is 0 Å². The minimum Gasteiger partial charge on any atom is -0.457 e. The van der Waals surface area contributed by atoms with Gasteiger partial charge < -0.3 is 33.9 Å². The van der Waals surface area contributed by atoms with Crippen molar-refractivity contribution in [1.29, 1.82) is 0 Å². The first-order chi connectivity index (χ1) is 17.7. The molecule has 37 heavy (non-hydrogen) atoms. The van der Waals surface area contributed by atoms with Crippen molar-refractivity contribution in [3.63, 3.8) is 0 Å². The molecule has 2 N–H and O–H groups in total. The maximum Gasteiger partial charge on any atom is 0.314 e. The molecular weight excluding hydrogens is 476 g/mol. The lowest BCUT2D eigenvalue weighted by Crippen LogP contribution is -2.66. The summed E-state index contributed by atoms with van der Waals surface area (Å²) in [6.45, 7) is 5.36. The fourth-order valence-electron chi connectivity index (χ4n) is 5.56. The maximum atomic E-state index is 13.5. The number of carbonyl (C=O) groups excluding carboxylic acids is 1. The molecule has 1 fully saturated rings. The summed E-state index contributed by atoms with van der Waals surface area (Å²) in [7, 11) is 4.72. The van der Waals surface area contributed by atoms with Crippen LogP contribution in [0.5, 0.6) is 0 Å². The van der Waals surface area contributed by atoms with Gasteiger partial charge in [-0.1, -0.05) is 62.8 Å². The minimum atomic E-state index is -2.08. The van der Waals surface area contributed by atoms with Gasteiger partial charge >= 0.3 is 5.97 Å². The molecule has 8 heteroatoms. The van der Waals surface area contributed by atoms with Crippen LogP contribution in [-0.4, -0.2) is 73.8 Å². The van der Waals surface area contributed by atoms with Crippen LogP contribution in [0.1, 0.15) is 58.1 Å². The number of carbonyl (C=O) groups is 1. The van der Waals surface area contributed by atoms with Crippen LogP contribution < -0.4 is 0 Å². The summed E-state index contributed by atoms with van der Waals surface area (Å²) in [6, 6.07) is 9.58. The molecular formula is C29H44O8. The number of esters is 1. The quantitative estimate of drug-likeness (QED) is 0.456. The molecule has 3 rings (SSSR count). The number of hydrogen-bond donors (Lipinski definition) is 2. The molecule has 208 valence electrons. The van der Waals surface area contributed by atoms with Crippen molar-refractivity contribution >= 4 is 5.97 Å². The Balaban J connectivity index is 2.01. The Morgan fingerprint density at radius 3 is 2.24 bits per heavy atom. The van der Waals surface area contributed by atoms with E-state index < -0.39 is 42.1 Å². The van der Waals surface area contributed by atoms with Crippen molar-refractivity contribution in [1.82, 2.24) is 0 Å². The molecule has 2 bridgehead atoms. The monoisotopic (exact) mass is 520 g/mol. The number of aliphatic hydroxyl groups excluding tert-OH is 1. The van der Waals surface area contributed by atoms with E-state index in [-0.39, 0.29) is 24.0 Å². The highest BCUT2D eigenvalue weighted by Gasteiger charge is 2.58. The normalized spacial score (nSPS) is 41.1. The van der Waals surface area contributed by atoms with Gasteiger partial charge in [-0.3, -0.25) is 4.79 Å². The van der Waals surface area contributed by atoms with Crippen LogP contribution in [0, 0.1) is 17.8 Å². The number of aliphatic hydroxyl groups is 2. The highest BCUT2D eigenvalue weighted by atomic mass is 16.7. The molecule has 0 aromatic heterocycles. The minimum absolute atomic E-state index is 0.149. The van der Waals surface area contributed by atoms with Crippen LogP contribution in [0.25, 0.3) is 0 Å². The van der Waals surface area contributed by atoms with Crippen LogP contribution in [0.3, 0.4) is 0 Å². The lowest BCUT2D eigenvalue weighted by molar-refractivity contribution is -0.360. The summed E-state index contributed by atoms with van der Waals surface area (Å²) in [4.78, 5) is 13.5. The van der Waals surface area contributed by atoms with Gasteiger partial charge in [0.15, 0.2) is 0 Å². The second kappa shape index (κ2) is 13.3. The van der Waals surface area contributed by atoms with Gasteiger partial charge in [-0.2, -0.15) is 0 Å². The molecule has 10 atom stereocenters. The topological polar surface area (TPSA) is 104 Å². The number of ether oxygens (including phenoxy) is 5. The largest absolute Gasteiger partial charge is 0.457 e. The molecule has 0 saturated carbocycles. The highest BCUT2D eigenvalue weighted by Crippen LogP contribution is 2.42. The molecule has 1 saturated heterocycles. The van der Waals surface area contributed by atoms with Crippen molar-refractivity contribution in [2.75, 3.05) is 21.3 Å². The predicted molar refractivity (Wildman–Crippen MR) is 139 cm³/mol.